The average Bonchev–Trinajstić information content (AvgIpc) is 3.19. The van der Waals surface area contributed by atoms with Crippen LogP contribution in [0.1, 0.15) is 59.1 Å². The molecule has 2 aromatic carbocycles. The number of nitrogens with one attached hydrogen (secondary N) is 1. The molecular formula is C25H27FN2O2. The number of unbranched alkanes of at least 4 members (excludes halogenated alkanes) is 1. The third-order valence-electron chi connectivity index (χ3n) is 4.91. The quantitative estimate of drug-likeness (QED) is 0.495. The number of carbonyl (C=O) groups is 1. The zero-order valence-electron chi connectivity index (χ0n) is 17.5. The van der Waals surface area contributed by atoms with E-state index in [1.807, 2.05) is 12.1 Å². The molecular weight excluding hydrogens is 379 g/mol. The molecule has 3 aromatic rings. The van der Waals surface area contributed by atoms with Crippen LogP contribution in [0.2, 0.25) is 0 Å². The molecule has 156 valence electrons. The fraction of sp³-hybridized carbons (Fsp3) is 0.280. The van der Waals surface area contributed by atoms with Gasteiger partial charge in [-0.3, -0.25) is 4.79 Å². The lowest BCUT2D eigenvalue weighted by atomic mass is 9.97. The predicted octanol–water partition coefficient (Wildman–Crippen LogP) is 5.72. The van der Waals surface area contributed by atoms with Gasteiger partial charge in [-0.05, 0) is 54.2 Å². The largest absolute Gasteiger partial charge is 0.360 e. The number of nitrogens with zero attached hydrogens (tertiary/aromatic N) is 1. The number of carbonyl (C=O) groups excluding carboxylic acids is 1. The molecule has 30 heavy (non-hydrogen) atoms. The topological polar surface area (TPSA) is 55.1 Å². The first-order valence-corrected chi connectivity index (χ1v) is 10.3. The molecule has 0 fully saturated rings. The van der Waals surface area contributed by atoms with Crippen LogP contribution in [-0.4, -0.2) is 17.6 Å². The number of aromatic nitrogens is 1. The summed E-state index contributed by atoms with van der Waals surface area (Å²) in [4.78, 5) is 12.5. The molecule has 1 N–H and O–H groups in total. The Bertz CT molecular complexity index is 1020. The maximum atomic E-state index is 13.3. The van der Waals surface area contributed by atoms with E-state index in [2.05, 4.69) is 42.5 Å². The molecule has 1 heterocycles. The van der Waals surface area contributed by atoms with Crippen molar-refractivity contribution >= 4 is 11.5 Å². The normalized spacial score (nSPS) is 11.5. The second-order valence-electron chi connectivity index (χ2n) is 7.32. The molecule has 1 amide bonds. The zero-order valence-corrected chi connectivity index (χ0v) is 17.5. The molecule has 0 aliphatic heterocycles. The summed E-state index contributed by atoms with van der Waals surface area (Å²) in [5.74, 6) is -0.0522. The van der Waals surface area contributed by atoms with Crippen LogP contribution in [0.5, 0.6) is 0 Å². The van der Waals surface area contributed by atoms with Crippen molar-refractivity contribution < 1.29 is 13.7 Å². The van der Waals surface area contributed by atoms with Crippen LogP contribution >= 0.6 is 0 Å². The van der Waals surface area contributed by atoms with Gasteiger partial charge in [-0.2, -0.15) is 0 Å². The first-order valence-electron chi connectivity index (χ1n) is 10.3. The van der Waals surface area contributed by atoms with E-state index in [9.17, 15) is 9.18 Å². The van der Waals surface area contributed by atoms with Gasteiger partial charge in [-0.25, -0.2) is 4.39 Å². The third kappa shape index (κ3) is 5.89. The summed E-state index contributed by atoms with van der Waals surface area (Å²) < 4.78 is 18.6. The molecule has 4 nitrogen and oxygen atoms in total. The number of allylic oxidation sites excluding steroid dienone is 1. The second-order valence-corrected chi connectivity index (χ2v) is 7.32. The van der Waals surface area contributed by atoms with E-state index < -0.39 is 0 Å². The molecule has 3 rings (SSSR count). The maximum Gasteiger partial charge on any atom is 0.273 e. The minimum Gasteiger partial charge on any atom is -0.360 e. The highest BCUT2D eigenvalue weighted by Crippen LogP contribution is 2.22. The summed E-state index contributed by atoms with van der Waals surface area (Å²) >= 11 is 0. The lowest BCUT2D eigenvalue weighted by molar-refractivity contribution is 0.0945. The van der Waals surface area contributed by atoms with Crippen molar-refractivity contribution in [3.8, 4) is 0 Å². The lowest BCUT2D eigenvalue weighted by Gasteiger charge is -2.11. The van der Waals surface area contributed by atoms with Crippen molar-refractivity contribution in [1.29, 1.82) is 0 Å². The smallest absolute Gasteiger partial charge is 0.273 e. The third-order valence-corrected chi connectivity index (χ3v) is 4.91. The minimum absolute atomic E-state index is 0.233. The van der Waals surface area contributed by atoms with Crippen LogP contribution in [-0.2, 0) is 6.42 Å². The molecule has 0 bridgehead atoms. The van der Waals surface area contributed by atoms with Crippen molar-refractivity contribution in [2.24, 2.45) is 0 Å². The van der Waals surface area contributed by atoms with Crippen molar-refractivity contribution in [2.75, 3.05) is 6.54 Å². The van der Waals surface area contributed by atoms with Gasteiger partial charge >= 0.3 is 0 Å². The van der Waals surface area contributed by atoms with Crippen molar-refractivity contribution in [2.45, 2.75) is 39.5 Å². The number of hydrogen-bond acceptors (Lipinski definition) is 3. The number of aryl methyl sites for hydroxylation is 1. The van der Waals surface area contributed by atoms with Gasteiger partial charge in [0.25, 0.3) is 5.91 Å². The molecule has 5 heteroatoms. The molecule has 0 unspecified atom stereocenters. The maximum absolute atomic E-state index is 13.3. The van der Waals surface area contributed by atoms with E-state index in [1.54, 1.807) is 18.2 Å². The molecule has 0 aliphatic rings. The summed E-state index contributed by atoms with van der Waals surface area (Å²) in [6.07, 6.45) is 5.46. The Morgan fingerprint density at radius 2 is 2.00 bits per heavy atom. The summed E-state index contributed by atoms with van der Waals surface area (Å²) in [5.41, 5.74) is 4.68. The van der Waals surface area contributed by atoms with Gasteiger partial charge in [0.05, 0.1) is 0 Å². The van der Waals surface area contributed by atoms with Gasteiger partial charge in [0.15, 0.2) is 5.69 Å². The van der Waals surface area contributed by atoms with Crippen LogP contribution in [0.25, 0.3) is 5.57 Å². The standard InChI is InChI=1S/C25H27FN2O2/c1-3-4-10-20(23-12-6-5-8-18(23)2)13-14-27-25(29)24-17-22(30-28-24)16-19-9-7-11-21(26)15-19/h5-12,15,17H,3-4,13-14,16H2,1-2H3,(H,27,29). The van der Waals surface area contributed by atoms with Gasteiger partial charge in [0, 0.05) is 19.0 Å². The average molecular weight is 407 g/mol. The fourth-order valence-electron chi connectivity index (χ4n) is 3.35. The Morgan fingerprint density at radius 3 is 2.77 bits per heavy atom. The van der Waals surface area contributed by atoms with Gasteiger partial charge in [-0.15, -0.1) is 0 Å². The van der Waals surface area contributed by atoms with Gasteiger partial charge in [0.1, 0.15) is 11.6 Å². The molecule has 0 saturated carbocycles. The highest BCUT2D eigenvalue weighted by atomic mass is 19.1. The summed E-state index contributed by atoms with van der Waals surface area (Å²) in [6.45, 7) is 4.76. The molecule has 0 saturated heterocycles. The number of amides is 1. The van der Waals surface area contributed by atoms with Crippen LogP contribution < -0.4 is 5.32 Å². The van der Waals surface area contributed by atoms with Crippen molar-refractivity contribution in [3.05, 3.63) is 94.6 Å². The highest BCUT2D eigenvalue weighted by molar-refractivity contribution is 5.92. The van der Waals surface area contributed by atoms with Crippen LogP contribution in [0.15, 0.2) is 65.2 Å². The Morgan fingerprint density at radius 1 is 1.17 bits per heavy atom. The number of hydrogen-bond donors (Lipinski definition) is 1. The molecule has 1 aromatic heterocycles. The Labute approximate surface area is 176 Å². The van der Waals surface area contributed by atoms with E-state index in [4.69, 9.17) is 4.52 Å². The van der Waals surface area contributed by atoms with E-state index in [1.165, 1.54) is 28.8 Å². The highest BCUT2D eigenvalue weighted by Gasteiger charge is 2.13. The monoisotopic (exact) mass is 406 g/mol. The van der Waals surface area contributed by atoms with Gasteiger partial charge in [-0.1, -0.05) is 61.0 Å². The van der Waals surface area contributed by atoms with Crippen LogP contribution in [0, 0.1) is 12.7 Å². The summed E-state index contributed by atoms with van der Waals surface area (Å²) in [7, 11) is 0. The Hall–Kier alpha value is -3.21. The SMILES string of the molecule is CCCC=C(CCNC(=O)c1cc(Cc2cccc(F)c2)on1)c1ccccc1C. The zero-order chi connectivity index (χ0) is 21.3. The molecule has 0 atom stereocenters. The molecule has 0 radical (unpaired) electrons. The Kier molecular flexibility index (Phi) is 7.55. The molecule has 0 spiro atoms. The second kappa shape index (κ2) is 10.5. The molecule has 0 aliphatic carbocycles. The van der Waals surface area contributed by atoms with Crippen LogP contribution in [0.3, 0.4) is 0 Å². The van der Waals surface area contributed by atoms with E-state index in [0.717, 1.165) is 24.8 Å². The van der Waals surface area contributed by atoms with Gasteiger partial charge < -0.3 is 9.84 Å². The number of halogens is 1. The number of benzene rings is 2. The first kappa shape index (κ1) is 21.5. The minimum atomic E-state index is -0.300. The summed E-state index contributed by atoms with van der Waals surface area (Å²) in [6, 6.07) is 16.2. The summed E-state index contributed by atoms with van der Waals surface area (Å²) in [5, 5.41) is 6.78. The Balaban J connectivity index is 1.58. The predicted molar refractivity (Wildman–Crippen MR) is 117 cm³/mol. The van der Waals surface area contributed by atoms with Crippen LogP contribution in [0.4, 0.5) is 4.39 Å². The van der Waals surface area contributed by atoms with Crippen molar-refractivity contribution in [3.63, 3.8) is 0 Å². The fourth-order valence-corrected chi connectivity index (χ4v) is 3.35. The van der Waals surface area contributed by atoms with Gasteiger partial charge in [0.2, 0.25) is 0 Å². The van der Waals surface area contributed by atoms with Crippen molar-refractivity contribution in [1.82, 2.24) is 10.5 Å². The van der Waals surface area contributed by atoms with E-state index in [0.29, 0.717) is 18.7 Å². The number of rotatable bonds is 9. The van der Waals surface area contributed by atoms with E-state index in [-0.39, 0.29) is 17.4 Å². The lowest BCUT2D eigenvalue weighted by Crippen LogP contribution is -2.25. The first-order chi connectivity index (χ1) is 14.6. The van der Waals surface area contributed by atoms with E-state index >= 15 is 0 Å².